The van der Waals surface area contributed by atoms with E-state index in [1.54, 1.807) is 13.3 Å². The van der Waals surface area contributed by atoms with Gasteiger partial charge in [0, 0.05) is 39.1 Å². The summed E-state index contributed by atoms with van der Waals surface area (Å²) in [6.45, 7) is 5.86. The van der Waals surface area contributed by atoms with E-state index in [1.807, 2.05) is 12.1 Å². The summed E-state index contributed by atoms with van der Waals surface area (Å²) in [6, 6.07) is 3.95. The molecule has 0 aliphatic heterocycles. The number of nitrogens with zero attached hydrogens (tertiary/aromatic N) is 2. The highest BCUT2D eigenvalue weighted by Gasteiger charge is 2.22. The molecule has 1 saturated carbocycles. The van der Waals surface area contributed by atoms with Gasteiger partial charge in [0.2, 0.25) is 5.88 Å². The van der Waals surface area contributed by atoms with Crippen LogP contribution in [0.25, 0.3) is 0 Å². The van der Waals surface area contributed by atoms with Gasteiger partial charge in [0.15, 0.2) is 5.96 Å². The predicted octanol–water partition coefficient (Wildman–Crippen LogP) is 1.96. The minimum absolute atomic E-state index is 0.599. The predicted molar refractivity (Wildman–Crippen MR) is 91.8 cm³/mol. The highest BCUT2D eigenvalue weighted by molar-refractivity contribution is 5.79. The average Bonchev–Trinajstić information content (AvgIpc) is 3.39. The minimum atomic E-state index is 0.599. The molecule has 6 nitrogen and oxygen atoms in total. The number of pyridine rings is 1. The summed E-state index contributed by atoms with van der Waals surface area (Å²) in [5, 5.41) is 6.54. The number of hydrogen-bond acceptors (Lipinski definition) is 4. The quantitative estimate of drug-likeness (QED) is 0.392. The normalized spacial score (nSPS) is 14.6. The first-order chi connectivity index (χ1) is 11.3. The van der Waals surface area contributed by atoms with Crippen molar-refractivity contribution in [2.24, 2.45) is 10.9 Å². The van der Waals surface area contributed by atoms with Crippen LogP contribution in [0.15, 0.2) is 23.3 Å². The number of nitrogens with one attached hydrogen (secondary N) is 2. The molecule has 1 aromatic heterocycles. The van der Waals surface area contributed by atoms with E-state index < -0.39 is 0 Å². The zero-order valence-electron chi connectivity index (χ0n) is 14.2. The third-order valence-corrected chi connectivity index (χ3v) is 3.54. The van der Waals surface area contributed by atoms with Gasteiger partial charge in [-0.15, -0.1) is 0 Å². The smallest absolute Gasteiger partial charge is 0.213 e. The second-order valence-corrected chi connectivity index (χ2v) is 5.73. The number of guanidine groups is 1. The molecule has 0 saturated heterocycles. The van der Waals surface area contributed by atoms with Crippen molar-refractivity contribution in [1.29, 1.82) is 0 Å². The summed E-state index contributed by atoms with van der Waals surface area (Å²) >= 11 is 0. The van der Waals surface area contributed by atoms with Gasteiger partial charge in [0.05, 0.1) is 13.2 Å². The third kappa shape index (κ3) is 7.32. The van der Waals surface area contributed by atoms with Gasteiger partial charge < -0.3 is 20.1 Å². The Bertz CT molecular complexity index is 489. The molecule has 23 heavy (non-hydrogen) atoms. The summed E-state index contributed by atoms with van der Waals surface area (Å²) < 4.78 is 10.8. The Kier molecular flexibility index (Phi) is 7.66. The summed E-state index contributed by atoms with van der Waals surface area (Å²) in [6.07, 6.45) is 5.30. The van der Waals surface area contributed by atoms with Crippen LogP contribution in [0.2, 0.25) is 0 Å². The van der Waals surface area contributed by atoms with Crippen LogP contribution in [0, 0.1) is 5.92 Å². The van der Waals surface area contributed by atoms with Crippen molar-refractivity contribution in [3.63, 3.8) is 0 Å². The second-order valence-electron chi connectivity index (χ2n) is 5.73. The molecule has 0 atom stereocenters. The number of aromatic nitrogens is 1. The van der Waals surface area contributed by atoms with Gasteiger partial charge in [-0.2, -0.15) is 0 Å². The fourth-order valence-electron chi connectivity index (χ4n) is 2.05. The first-order valence-electron chi connectivity index (χ1n) is 8.40. The van der Waals surface area contributed by atoms with Gasteiger partial charge in [-0.05, 0) is 43.7 Å². The van der Waals surface area contributed by atoms with Crippen LogP contribution in [-0.2, 0) is 11.3 Å². The lowest BCUT2D eigenvalue weighted by Gasteiger charge is -2.11. The first-order valence-corrected chi connectivity index (χ1v) is 8.40. The van der Waals surface area contributed by atoms with Crippen LogP contribution in [-0.4, -0.2) is 44.4 Å². The van der Waals surface area contributed by atoms with Gasteiger partial charge in [0.1, 0.15) is 0 Å². The molecule has 128 valence electrons. The van der Waals surface area contributed by atoms with Gasteiger partial charge in [-0.1, -0.05) is 0 Å². The molecule has 1 aromatic rings. The summed E-state index contributed by atoms with van der Waals surface area (Å²) in [4.78, 5) is 8.86. The van der Waals surface area contributed by atoms with Crippen LogP contribution in [0.1, 0.15) is 31.7 Å². The molecule has 0 amide bonds. The topological polar surface area (TPSA) is 67.8 Å². The monoisotopic (exact) mass is 320 g/mol. The van der Waals surface area contributed by atoms with Crippen molar-refractivity contribution in [3.8, 4) is 5.88 Å². The molecule has 1 fully saturated rings. The molecule has 0 radical (unpaired) electrons. The van der Waals surface area contributed by atoms with Crippen molar-refractivity contribution in [2.75, 3.05) is 33.4 Å². The van der Waals surface area contributed by atoms with Crippen molar-refractivity contribution in [1.82, 2.24) is 15.6 Å². The molecule has 0 bridgehead atoms. The molecule has 1 aliphatic rings. The number of ether oxygens (including phenoxy) is 2. The largest absolute Gasteiger partial charge is 0.477 e. The van der Waals surface area contributed by atoms with Crippen molar-refractivity contribution in [3.05, 3.63) is 23.9 Å². The minimum Gasteiger partial charge on any atom is -0.477 e. The van der Waals surface area contributed by atoms with E-state index >= 15 is 0 Å². The maximum atomic E-state index is 5.71. The zero-order valence-corrected chi connectivity index (χ0v) is 14.2. The van der Waals surface area contributed by atoms with E-state index in [-0.39, 0.29) is 0 Å². The third-order valence-electron chi connectivity index (χ3n) is 3.54. The van der Waals surface area contributed by atoms with E-state index in [0.29, 0.717) is 12.4 Å². The van der Waals surface area contributed by atoms with E-state index in [9.17, 15) is 0 Å². The lowest BCUT2D eigenvalue weighted by atomic mass is 10.3. The Morgan fingerprint density at radius 1 is 1.39 bits per heavy atom. The van der Waals surface area contributed by atoms with Gasteiger partial charge in [0.25, 0.3) is 0 Å². The SMILES string of the molecule is CCNC(=NCc1ccnc(OCC2CC2)c1)NCCCOC. The molecule has 0 unspecified atom stereocenters. The van der Waals surface area contributed by atoms with E-state index in [1.165, 1.54) is 12.8 Å². The summed E-state index contributed by atoms with van der Waals surface area (Å²) in [5.41, 5.74) is 1.10. The van der Waals surface area contributed by atoms with Crippen LogP contribution in [0.5, 0.6) is 5.88 Å². The fraction of sp³-hybridized carbons (Fsp3) is 0.647. The molecular formula is C17H28N4O2. The second kappa shape index (κ2) is 10.0. The fourth-order valence-corrected chi connectivity index (χ4v) is 2.05. The Balaban J connectivity index is 1.82. The zero-order chi connectivity index (χ0) is 16.3. The molecule has 2 N–H and O–H groups in total. The Hall–Kier alpha value is -1.82. The number of methoxy groups -OCH3 is 1. The lowest BCUT2D eigenvalue weighted by molar-refractivity contribution is 0.195. The van der Waals surface area contributed by atoms with Crippen LogP contribution in [0.4, 0.5) is 0 Å². The maximum absolute atomic E-state index is 5.71. The summed E-state index contributed by atoms with van der Waals surface area (Å²) in [5.74, 6) is 2.25. The van der Waals surface area contributed by atoms with Gasteiger partial charge in [-0.25, -0.2) is 9.98 Å². The highest BCUT2D eigenvalue weighted by atomic mass is 16.5. The van der Waals surface area contributed by atoms with Crippen LogP contribution < -0.4 is 15.4 Å². The van der Waals surface area contributed by atoms with Crippen molar-refractivity contribution in [2.45, 2.75) is 32.7 Å². The van der Waals surface area contributed by atoms with Gasteiger partial charge >= 0.3 is 0 Å². The number of rotatable bonds is 10. The molecule has 0 aromatic carbocycles. The van der Waals surface area contributed by atoms with Crippen LogP contribution in [0.3, 0.4) is 0 Å². The molecule has 6 heteroatoms. The lowest BCUT2D eigenvalue weighted by Crippen LogP contribution is -2.38. The Morgan fingerprint density at radius 3 is 3.00 bits per heavy atom. The standard InChI is InChI=1S/C17H28N4O2/c1-3-18-17(20-8-4-10-22-2)21-12-15-7-9-19-16(11-15)23-13-14-5-6-14/h7,9,11,14H,3-6,8,10,12-13H2,1-2H3,(H2,18,20,21). The number of aliphatic imine (C=N–C) groups is 1. The van der Waals surface area contributed by atoms with E-state index in [0.717, 1.165) is 50.2 Å². The Morgan fingerprint density at radius 2 is 2.26 bits per heavy atom. The first kappa shape index (κ1) is 17.5. The van der Waals surface area contributed by atoms with Crippen molar-refractivity contribution >= 4 is 5.96 Å². The molecule has 1 aliphatic carbocycles. The highest BCUT2D eigenvalue weighted by Crippen LogP contribution is 2.29. The molecule has 0 spiro atoms. The van der Waals surface area contributed by atoms with E-state index in [4.69, 9.17) is 9.47 Å². The average molecular weight is 320 g/mol. The van der Waals surface area contributed by atoms with Crippen LogP contribution >= 0.6 is 0 Å². The van der Waals surface area contributed by atoms with E-state index in [2.05, 4.69) is 27.5 Å². The number of hydrogen-bond donors (Lipinski definition) is 2. The molecule has 1 heterocycles. The summed E-state index contributed by atoms with van der Waals surface area (Å²) in [7, 11) is 1.71. The maximum Gasteiger partial charge on any atom is 0.213 e. The molecular weight excluding hydrogens is 292 g/mol. The van der Waals surface area contributed by atoms with Gasteiger partial charge in [-0.3, -0.25) is 0 Å². The van der Waals surface area contributed by atoms with Crippen molar-refractivity contribution < 1.29 is 9.47 Å². The molecule has 2 rings (SSSR count). The Labute approximate surface area is 138 Å².